The highest BCUT2D eigenvalue weighted by molar-refractivity contribution is 6.35. The van der Waals surface area contributed by atoms with E-state index in [1.807, 2.05) is 0 Å². The van der Waals surface area contributed by atoms with Gasteiger partial charge in [-0.3, -0.25) is 14.4 Å². The Bertz CT molecular complexity index is 267. The van der Waals surface area contributed by atoms with Crippen LogP contribution >= 0.6 is 0 Å². The summed E-state index contributed by atoms with van der Waals surface area (Å²) in [6.45, 7) is 2.62. The summed E-state index contributed by atoms with van der Waals surface area (Å²) in [5, 5.41) is 4.86. The lowest BCUT2D eigenvalue weighted by atomic mass is 10.4. The van der Waals surface area contributed by atoms with Crippen LogP contribution in [0.5, 0.6) is 0 Å². The molecular formula is C9H18N4O3. The maximum atomic E-state index is 11.4. The number of rotatable bonds is 5. The van der Waals surface area contributed by atoms with Crippen molar-refractivity contribution in [3.63, 3.8) is 0 Å². The number of likely N-dealkylation sites (N-methyl/N-ethyl adjacent to an activating group) is 2. The molecule has 0 radical (unpaired) electrons. The van der Waals surface area contributed by atoms with Gasteiger partial charge in [0.05, 0.1) is 6.54 Å². The Kier molecular flexibility index (Phi) is 6.86. The minimum atomic E-state index is -0.753. The second-order valence-electron chi connectivity index (χ2n) is 3.16. The summed E-state index contributed by atoms with van der Waals surface area (Å²) in [6, 6.07) is 0. The molecule has 92 valence electrons. The molecule has 0 bridgehead atoms. The fourth-order valence-electron chi connectivity index (χ4n) is 0.975. The van der Waals surface area contributed by atoms with Crippen LogP contribution in [-0.4, -0.2) is 55.8 Å². The lowest BCUT2D eigenvalue weighted by Gasteiger charge is -2.15. The number of nitrogens with one attached hydrogen (secondary N) is 2. The van der Waals surface area contributed by atoms with E-state index in [0.717, 1.165) is 4.90 Å². The highest BCUT2D eigenvalue weighted by Crippen LogP contribution is 1.85. The molecule has 0 aliphatic rings. The van der Waals surface area contributed by atoms with E-state index in [9.17, 15) is 14.4 Å². The summed E-state index contributed by atoms with van der Waals surface area (Å²) in [6.07, 6.45) is 0. The van der Waals surface area contributed by atoms with Gasteiger partial charge in [-0.25, -0.2) is 0 Å². The van der Waals surface area contributed by atoms with Crippen molar-refractivity contribution in [3.05, 3.63) is 0 Å². The zero-order valence-electron chi connectivity index (χ0n) is 9.58. The van der Waals surface area contributed by atoms with Crippen LogP contribution in [0, 0.1) is 0 Å². The van der Waals surface area contributed by atoms with Crippen molar-refractivity contribution >= 4 is 17.7 Å². The second kappa shape index (κ2) is 7.63. The van der Waals surface area contributed by atoms with Gasteiger partial charge >= 0.3 is 11.8 Å². The van der Waals surface area contributed by atoms with E-state index in [4.69, 9.17) is 5.73 Å². The quantitative estimate of drug-likeness (QED) is 0.460. The van der Waals surface area contributed by atoms with Crippen LogP contribution in [0.3, 0.4) is 0 Å². The summed E-state index contributed by atoms with van der Waals surface area (Å²) in [4.78, 5) is 34.8. The Morgan fingerprint density at radius 2 is 1.88 bits per heavy atom. The third-order valence-corrected chi connectivity index (χ3v) is 1.73. The first kappa shape index (κ1) is 14.4. The topological polar surface area (TPSA) is 105 Å². The first-order valence-corrected chi connectivity index (χ1v) is 5.03. The molecule has 16 heavy (non-hydrogen) atoms. The molecule has 0 aliphatic carbocycles. The van der Waals surface area contributed by atoms with Crippen molar-refractivity contribution < 1.29 is 14.4 Å². The van der Waals surface area contributed by atoms with E-state index >= 15 is 0 Å². The molecule has 0 aromatic heterocycles. The van der Waals surface area contributed by atoms with Crippen LogP contribution in [0.4, 0.5) is 0 Å². The molecule has 0 atom stereocenters. The fourth-order valence-corrected chi connectivity index (χ4v) is 0.975. The highest BCUT2D eigenvalue weighted by Gasteiger charge is 2.19. The zero-order valence-corrected chi connectivity index (χ0v) is 9.58. The lowest BCUT2D eigenvalue weighted by Crippen LogP contribution is -2.46. The summed E-state index contributed by atoms with van der Waals surface area (Å²) >= 11 is 0. The van der Waals surface area contributed by atoms with E-state index in [1.165, 1.54) is 7.05 Å². The van der Waals surface area contributed by atoms with Crippen molar-refractivity contribution in [3.8, 4) is 0 Å². The number of hydrogen-bond acceptors (Lipinski definition) is 4. The summed E-state index contributed by atoms with van der Waals surface area (Å²) in [5.74, 6) is -1.80. The van der Waals surface area contributed by atoms with E-state index in [-0.39, 0.29) is 25.5 Å². The maximum absolute atomic E-state index is 11.4. The fraction of sp³-hybridized carbons (Fsp3) is 0.667. The normalized spacial score (nSPS) is 9.44. The number of nitrogens with zero attached hydrogens (tertiary/aromatic N) is 1. The molecule has 0 spiro atoms. The van der Waals surface area contributed by atoms with Gasteiger partial charge < -0.3 is 21.3 Å². The first-order chi connectivity index (χ1) is 7.52. The van der Waals surface area contributed by atoms with Crippen LogP contribution < -0.4 is 16.4 Å². The number of carbonyl (C=O) groups excluding carboxylic acids is 3. The molecule has 0 aliphatic heterocycles. The van der Waals surface area contributed by atoms with Crippen molar-refractivity contribution in [2.45, 2.75) is 6.92 Å². The van der Waals surface area contributed by atoms with Gasteiger partial charge in [0, 0.05) is 26.7 Å². The van der Waals surface area contributed by atoms with E-state index in [0.29, 0.717) is 6.54 Å². The molecule has 0 aromatic rings. The van der Waals surface area contributed by atoms with Gasteiger partial charge in [-0.05, 0) is 6.92 Å². The number of carbonyl (C=O) groups is 3. The van der Waals surface area contributed by atoms with Crippen molar-refractivity contribution in [2.75, 3.05) is 33.2 Å². The molecule has 0 rings (SSSR count). The monoisotopic (exact) mass is 230 g/mol. The number of nitrogens with two attached hydrogens (primary N) is 1. The zero-order chi connectivity index (χ0) is 12.6. The molecule has 7 nitrogen and oxygen atoms in total. The Balaban J connectivity index is 4.07. The average Bonchev–Trinajstić information content (AvgIpc) is 2.24. The van der Waals surface area contributed by atoms with E-state index in [1.54, 1.807) is 6.92 Å². The van der Waals surface area contributed by atoms with Crippen molar-refractivity contribution in [2.24, 2.45) is 5.73 Å². The molecular weight excluding hydrogens is 212 g/mol. The minimum Gasteiger partial charge on any atom is -0.355 e. The number of amides is 3. The van der Waals surface area contributed by atoms with Gasteiger partial charge in [0.1, 0.15) is 0 Å². The van der Waals surface area contributed by atoms with Crippen LogP contribution in [0.1, 0.15) is 6.92 Å². The van der Waals surface area contributed by atoms with E-state index < -0.39 is 11.8 Å². The van der Waals surface area contributed by atoms with Crippen LogP contribution in [-0.2, 0) is 14.4 Å². The molecule has 0 unspecified atom stereocenters. The van der Waals surface area contributed by atoms with Crippen LogP contribution in [0.2, 0.25) is 0 Å². The average molecular weight is 230 g/mol. The third-order valence-electron chi connectivity index (χ3n) is 1.73. The molecule has 0 aromatic carbocycles. The Hall–Kier alpha value is -1.63. The summed E-state index contributed by atoms with van der Waals surface area (Å²) < 4.78 is 0. The predicted octanol–water partition coefficient (Wildman–Crippen LogP) is -2.34. The van der Waals surface area contributed by atoms with Crippen molar-refractivity contribution in [1.82, 2.24) is 15.5 Å². The first-order valence-electron chi connectivity index (χ1n) is 5.03. The molecule has 7 heteroatoms. The van der Waals surface area contributed by atoms with Crippen LogP contribution in [0.25, 0.3) is 0 Å². The Morgan fingerprint density at radius 3 is 2.38 bits per heavy atom. The Morgan fingerprint density at radius 1 is 1.25 bits per heavy atom. The Labute approximate surface area is 94.3 Å². The van der Waals surface area contributed by atoms with Gasteiger partial charge in [0.25, 0.3) is 0 Å². The second-order valence-corrected chi connectivity index (χ2v) is 3.16. The molecule has 0 saturated heterocycles. The predicted molar refractivity (Wildman–Crippen MR) is 58.4 cm³/mol. The van der Waals surface area contributed by atoms with Gasteiger partial charge in [-0.15, -0.1) is 0 Å². The van der Waals surface area contributed by atoms with Crippen molar-refractivity contribution in [1.29, 1.82) is 0 Å². The highest BCUT2D eigenvalue weighted by atomic mass is 16.2. The lowest BCUT2D eigenvalue weighted by molar-refractivity contribution is -0.146. The van der Waals surface area contributed by atoms with Crippen LogP contribution in [0.15, 0.2) is 0 Å². The van der Waals surface area contributed by atoms with E-state index in [2.05, 4.69) is 10.6 Å². The minimum absolute atomic E-state index is 0.136. The van der Waals surface area contributed by atoms with Gasteiger partial charge in [-0.2, -0.15) is 0 Å². The maximum Gasteiger partial charge on any atom is 0.312 e. The van der Waals surface area contributed by atoms with Gasteiger partial charge in [-0.1, -0.05) is 0 Å². The molecule has 0 saturated carbocycles. The van der Waals surface area contributed by atoms with Gasteiger partial charge in [0.15, 0.2) is 0 Å². The summed E-state index contributed by atoms with van der Waals surface area (Å²) in [5.41, 5.74) is 5.17. The SMILES string of the molecule is CCNC(=O)CN(C)C(=O)C(=O)NCCN. The third kappa shape index (κ3) is 5.30. The molecule has 3 amide bonds. The number of hydrogen-bond donors (Lipinski definition) is 3. The summed E-state index contributed by atoms with van der Waals surface area (Å²) in [7, 11) is 1.39. The smallest absolute Gasteiger partial charge is 0.312 e. The molecule has 0 fully saturated rings. The molecule has 0 heterocycles. The standard InChI is InChI=1S/C9H18N4O3/c1-3-11-7(14)6-13(2)9(16)8(15)12-5-4-10/h3-6,10H2,1-2H3,(H,11,14)(H,12,15). The van der Waals surface area contributed by atoms with Gasteiger partial charge in [0.2, 0.25) is 5.91 Å². The molecule has 4 N–H and O–H groups in total. The largest absolute Gasteiger partial charge is 0.355 e.